The number of carboxylic acid groups (broad SMARTS) is 1. The lowest BCUT2D eigenvalue weighted by atomic mass is 10.2. The Morgan fingerprint density at radius 3 is 2.55 bits per heavy atom. The van der Waals surface area contributed by atoms with Crippen molar-refractivity contribution in [1.29, 1.82) is 0 Å². The van der Waals surface area contributed by atoms with E-state index in [9.17, 15) is 9.59 Å². The van der Waals surface area contributed by atoms with E-state index in [1.165, 1.54) is 18.2 Å². The van der Waals surface area contributed by atoms with Crippen LogP contribution in [0.25, 0.3) is 0 Å². The maximum Gasteiger partial charge on any atom is 0.326 e. The Bertz CT molecular complexity index is 495. The summed E-state index contributed by atoms with van der Waals surface area (Å²) >= 11 is 11.5. The van der Waals surface area contributed by atoms with Crippen molar-refractivity contribution in [3.63, 3.8) is 0 Å². The molecule has 0 heterocycles. The van der Waals surface area contributed by atoms with Crippen molar-refractivity contribution in [2.75, 3.05) is 13.2 Å². The second-order valence-electron chi connectivity index (χ2n) is 3.84. The van der Waals surface area contributed by atoms with E-state index in [0.29, 0.717) is 10.8 Å². The smallest absolute Gasteiger partial charge is 0.326 e. The van der Waals surface area contributed by atoms with Crippen LogP contribution in [0.5, 0.6) is 5.75 Å². The second kappa shape index (κ2) is 7.94. The first-order chi connectivity index (χ1) is 9.43. The van der Waals surface area contributed by atoms with Crippen LogP contribution in [0.4, 0.5) is 0 Å². The third-order valence-corrected chi connectivity index (χ3v) is 3.05. The standard InChI is InChI=1S/C12H13Cl2NO5/c13-8-2-1-7(5-9(8)14)20-6-11(17)15-10(3-4-16)12(18)19/h1-2,5,10,16H,3-4,6H2,(H,15,17)(H,18,19)/t10-/m1/s1. The number of aliphatic hydroxyl groups excluding tert-OH is 1. The summed E-state index contributed by atoms with van der Waals surface area (Å²) < 4.78 is 5.15. The van der Waals surface area contributed by atoms with E-state index in [1.807, 2.05) is 0 Å². The Morgan fingerprint density at radius 1 is 1.30 bits per heavy atom. The zero-order valence-electron chi connectivity index (χ0n) is 10.3. The van der Waals surface area contributed by atoms with Crippen LogP contribution in [0.1, 0.15) is 6.42 Å². The van der Waals surface area contributed by atoms with Crippen LogP contribution in [-0.2, 0) is 9.59 Å². The summed E-state index contributed by atoms with van der Waals surface area (Å²) in [5, 5.41) is 20.4. The molecule has 1 amide bonds. The number of carbonyl (C=O) groups excluding carboxylic acids is 1. The number of rotatable bonds is 7. The Balaban J connectivity index is 2.50. The first-order valence-corrected chi connectivity index (χ1v) is 6.40. The molecule has 0 aliphatic carbocycles. The number of aliphatic carboxylic acids is 1. The lowest BCUT2D eigenvalue weighted by Crippen LogP contribution is -2.43. The van der Waals surface area contributed by atoms with E-state index in [1.54, 1.807) is 0 Å². The van der Waals surface area contributed by atoms with Gasteiger partial charge in [0.2, 0.25) is 0 Å². The highest BCUT2D eigenvalue weighted by Crippen LogP contribution is 2.26. The third-order valence-electron chi connectivity index (χ3n) is 2.31. The van der Waals surface area contributed by atoms with Gasteiger partial charge in [-0.25, -0.2) is 4.79 Å². The molecule has 1 aromatic carbocycles. The molecule has 1 atom stereocenters. The van der Waals surface area contributed by atoms with E-state index < -0.39 is 17.9 Å². The molecule has 0 aliphatic heterocycles. The number of benzene rings is 1. The summed E-state index contributed by atoms with van der Waals surface area (Å²) in [6.45, 7) is -0.710. The molecule has 1 aromatic rings. The van der Waals surface area contributed by atoms with Crippen molar-refractivity contribution in [1.82, 2.24) is 5.32 Å². The van der Waals surface area contributed by atoms with Gasteiger partial charge in [0.1, 0.15) is 11.8 Å². The van der Waals surface area contributed by atoms with Crippen molar-refractivity contribution >= 4 is 35.1 Å². The number of halogens is 2. The number of nitrogens with one attached hydrogen (secondary N) is 1. The van der Waals surface area contributed by atoms with Gasteiger partial charge in [-0.1, -0.05) is 23.2 Å². The summed E-state index contributed by atoms with van der Waals surface area (Å²) in [7, 11) is 0. The molecule has 8 heteroatoms. The van der Waals surface area contributed by atoms with E-state index in [4.69, 9.17) is 38.2 Å². The number of aliphatic hydroxyl groups is 1. The molecule has 0 aromatic heterocycles. The van der Waals surface area contributed by atoms with Crippen molar-refractivity contribution in [2.24, 2.45) is 0 Å². The van der Waals surface area contributed by atoms with E-state index in [0.717, 1.165) is 0 Å². The van der Waals surface area contributed by atoms with Crippen LogP contribution < -0.4 is 10.1 Å². The molecular formula is C12H13Cl2NO5. The summed E-state index contributed by atoms with van der Waals surface area (Å²) in [6, 6.07) is 3.34. The van der Waals surface area contributed by atoms with Crippen LogP contribution in [0.3, 0.4) is 0 Å². The lowest BCUT2D eigenvalue weighted by Gasteiger charge is -2.13. The average Bonchev–Trinajstić information content (AvgIpc) is 2.39. The normalized spacial score (nSPS) is 11.8. The molecule has 0 unspecified atom stereocenters. The SMILES string of the molecule is O=C(COc1ccc(Cl)c(Cl)c1)N[C@H](CCO)C(=O)O. The van der Waals surface area contributed by atoms with Gasteiger partial charge in [0.05, 0.1) is 10.0 Å². The molecule has 0 bridgehead atoms. The van der Waals surface area contributed by atoms with Gasteiger partial charge in [0.15, 0.2) is 6.61 Å². The number of amides is 1. The van der Waals surface area contributed by atoms with Crippen LogP contribution in [-0.4, -0.2) is 41.3 Å². The molecule has 0 aliphatic rings. The Labute approximate surface area is 125 Å². The number of carbonyl (C=O) groups is 2. The minimum atomic E-state index is -1.22. The van der Waals surface area contributed by atoms with Crippen molar-refractivity contribution in [3.8, 4) is 5.75 Å². The topological polar surface area (TPSA) is 95.9 Å². The number of ether oxygens (including phenoxy) is 1. The number of carboxylic acids is 1. The molecule has 0 saturated carbocycles. The monoisotopic (exact) mass is 321 g/mol. The fraction of sp³-hybridized carbons (Fsp3) is 0.333. The molecular weight excluding hydrogens is 309 g/mol. The Morgan fingerprint density at radius 2 is 2.00 bits per heavy atom. The van der Waals surface area contributed by atoms with Crippen LogP contribution >= 0.6 is 23.2 Å². The van der Waals surface area contributed by atoms with E-state index in [-0.39, 0.29) is 24.7 Å². The fourth-order valence-corrected chi connectivity index (χ4v) is 1.63. The van der Waals surface area contributed by atoms with Crippen molar-refractivity contribution in [2.45, 2.75) is 12.5 Å². The summed E-state index contributed by atoms with van der Waals surface area (Å²) in [5.74, 6) is -1.50. The highest BCUT2D eigenvalue weighted by atomic mass is 35.5. The van der Waals surface area contributed by atoms with Crippen LogP contribution in [0, 0.1) is 0 Å². The van der Waals surface area contributed by atoms with Crippen molar-refractivity contribution < 1.29 is 24.5 Å². The predicted molar refractivity (Wildman–Crippen MR) is 73.2 cm³/mol. The number of hydrogen-bond acceptors (Lipinski definition) is 4. The summed E-state index contributed by atoms with van der Waals surface area (Å²) in [5.41, 5.74) is 0. The second-order valence-corrected chi connectivity index (χ2v) is 4.65. The van der Waals surface area contributed by atoms with Crippen LogP contribution in [0.2, 0.25) is 10.0 Å². The van der Waals surface area contributed by atoms with Gasteiger partial charge >= 0.3 is 5.97 Å². The molecule has 0 radical (unpaired) electrons. The molecule has 0 spiro atoms. The van der Waals surface area contributed by atoms with Gasteiger partial charge in [-0.15, -0.1) is 0 Å². The number of hydrogen-bond donors (Lipinski definition) is 3. The fourth-order valence-electron chi connectivity index (χ4n) is 1.34. The highest BCUT2D eigenvalue weighted by molar-refractivity contribution is 6.42. The van der Waals surface area contributed by atoms with E-state index in [2.05, 4.69) is 5.32 Å². The van der Waals surface area contributed by atoms with Crippen molar-refractivity contribution in [3.05, 3.63) is 28.2 Å². The average molecular weight is 322 g/mol. The van der Waals surface area contributed by atoms with Gasteiger partial charge in [-0.05, 0) is 12.1 Å². The highest BCUT2D eigenvalue weighted by Gasteiger charge is 2.19. The van der Waals surface area contributed by atoms with Gasteiger partial charge in [-0.3, -0.25) is 4.79 Å². The minimum Gasteiger partial charge on any atom is -0.484 e. The first-order valence-electron chi connectivity index (χ1n) is 5.65. The molecule has 110 valence electrons. The molecule has 6 nitrogen and oxygen atoms in total. The lowest BCUT2D eigenvalue weighted by molar-refractivity contribution is -0.142. The van der Waals surface area contributed by atoms with E-state index >= 15 is 0 Å². The molecule has 0 saturated heterocycles. The first kappa shape index (κ1) is 16.6. The Kier molecular flexibility index (Phi) is 6.57. The summed E-state index contributed by atoms with van der Waals surface area (Å²) in [4.78, 5) is 22.3. The minimum absolute atomic E-state index is 0.0755. The summed E-state index contributed by atoms with van der Waals surface area (Å²) in [6.07, 6.45) is -0.0755. The van der Waals surface area contributed by atoms with Gasteiger partial charge in [0, 0.05) is 19.1 Å². The Hall–Kier alpha value is -1.50. The zero-order chi connectivity index (χ0) is 15.1. The maximum atomic E-state index is 11.5. The molecule has 20 heavy (non-hydrogen) atoms. The molecule has 0 fully saturated rings. The van der Waals surface area contributed by atoms with Gasteiger partial charge in [-0.2, -0.15) is 0 Å². The molecule has 3 N–H and O–H groups in total. The predicted octanol–water partition coefficient (Wildman–Crippen LogP) is 1.32. The quantitative estimate of drug-likeness (QED) is 0.704. The zero-order valence-corrected chi connectivity index (χ0v) is 11.8. The largest absolute Gasteiger partial charge is 0.484 e. The third kappa shape index (κ3) is 5.24. The maximum absolute atomic E-state index is 11.5. The van der Waals surface area contributed by atoms with Gasteiger partial charge in [0.25, 0.3) is 5.91 Å². The van der Waals surface area contributed by atoms with Gasteiger partial charge < -0.3 is 20.3 Å². The molecule has 1 rings (SSSR count). The van der Waals surface area contributed by atoms with Crippen LogP contribution in [0.15, 0.2) is 18.2 Å².